The van der Waals surface area contributed by atoms with Crippen LogP contribution in [0.15, 0.2) is 29.4 Å². The van der Waals surface area contributed by atoms with E-state index in [4.69, 9.17) is 9.47 Å². The van der Waals surface area contributed by atoms with Crippen molar-refractivity contribution in [2.75, 3.05) is 32.6 Å². The van der Waals surface area contributed by atoms with Gasteiger partial charge in [0.25, 0.3) is 0 Å². The highest BCUT2D eigenvalue weighted by atomic mass is 32.2. The molecule has 0 bridgehead atoms. The summed E-state index contributed by atoms with van der Waals surface area (Å²) >= 11 is 1.36. The number of aromatic nitrogens is 3. The van der Waals surface area contributed by atoms with Crippen LogP contribution in [0, 0.1) is 6.92 Å². The van der Waals surface area contributed by atoms with Crippen molar-refractivity contribution in [1.82, 2.24) is 20.1 Å². The Labute approximate surface area is 152 Å². The van der Waals surface area contributed by atoms with Crippen molar-refractivity contribution in [3.8, 4) is 11.4 Å². The van der Waals surface area contributed by atoms with Crippen molar-refractivity contribution < 1.29 is 14.3 Å². The number of aryl methyl sites for hydroxylation is 1. The maximum atomic E-state index is 11.9. The van der Waals surface area contributed by atoms with Crippen LogP contribution in [0.1, 0.15) is 19.2 Å². The third-order valence-corrected chi connectivity index (χ3v) is 4.31. The van der Waals surface area contributed by atoms with Crippen LogP contribution in [-0.4, -0.2) is 53.3 Å². The van der Waals surface area contributed by atoms with Gasteiger partial charge in [0.1, 0.15) is 11.6 Å². The second-order valence-electron chi connectivity index (χ2n) is 5.28. The van der Waals surface area contributed by atoms with Gasteiger partial charge in [0.2, 0.25) is 5.91 Å². The molecule has 7 nitrogen and oxygen atoms in total. The number of nitrogens with zero attached hydrogens (tertiary/aromatic N) is 3. The molecule has 25 heavy (non-hydrogen) atoms. The van der Waals surface area contributed by atoms with Crippen molar-refractivity contribution in [2.45, 2.75) is 25.4 Å². The molecule has 0 saturated carbocycles. The topological polar surface area (TPSA) is 78.3 Å². The molecule has 2 rings (SSSR count). The van der Waals surface area contributed by atoms with Gasteiger partial charge in [0, 0.05) is 25.9 Å². The molecule has 0 aliphatic rings. The maximum Gasteiger partial charge on any atom is 0.230 e. The van der Waals surface area contributed by atoms with E-state index in [1.54, 1.807) is 7.11 Å². The fourth-order valence-electron chi connectivity index (χ4n) is 2.22. The molecule has 1 heterocycles. The highest BCUT2D eigenvalue weighted by Crippen LogP contribution is 2.23. The highest BCUT2D eigenvalue weighted by Gasteiger charge is 2.13. The van der Waals surface area contributed by atoms with E-state index in [9.17, 15) is 4.79 Å². The molecule has 0 aliphatic heterocycles. The van der Waals surface area contributed by atoms with Gasteiger partial charge in [-0.3, -0.25) is 9.36 Å². The van der Waals surface area contributed by atoms with E-state index in [0.29, 0.717) is 30.7 Å². The average molecular weight is 364 g/mol. The molecule has 0 saturated heterocycles. The van der Waals surface area contributed by atoms with E-state index in [-0.39, 0.29) is 5.91 Å². The van der Waals surface area contributed by atoms with Crippen LogP contribution in [0.2, 0.25) is 0 Å². The Morgan fingerprint density at radius 3 is 2.72 bits per heavy atom. The van der Waals surface area contributed by atoms with E-state index in [1.807, 2.05) is 42.7 Å². The molecule has 0 spiro atoms. The molecule has 8 heteroatoms. The lowest BCUT2D eigenvalue weighted by Gasteiger charge is -2.10. The predicted octanol–water partition coefficient (Wildman–Crippen LogP) is 2.22. The molecule has 1 aromatic heterocycles. The first kappa shape index (κ1) is 19.3. The first-order valence-electron chi connectivity index (χ1n) is 8.19. The predicted molar refractivity (Wildman–Crippen MR) is 97.5 cm³/mol. The number of ether oxygens (including phenoxy) is 2. The Morgan fingerprint density at radius 2 is 2.04 bits per heavy atom. The molecule has 0 unspecified atom stereocenters. The third-order valence-electron chi connectivity index (χ3n) is 3.38. The number of amides is 1. The summed E-state index contributed by atoms with van der Waals surface area (Å²) < 4.78 is 12.4. The molecule has 2 aromatic rings. The second-order valence-corrected chi connectivity index (χ2v) is 6.22. The molecule has 0 atom stereocenters. The van der Waals surface area contributed by atoms with Crippen molar-refractivity contribution in [3.05, 3.63) is 30.1 Å². The Hall–Kier alpha value is -2.06. The van der Waals surface area contributed by atoms with Gasteiger partial charge in [-0.25, -0.2) is 0 Å². The number of hydrogen-bond donors (Lipinski definition) is 1. The number of benzene rings is 1. The summed E-state index contributed by atoms with van der Waals surface area (Å²) in [4.78, 5) is 11.9. The monoisotopic (exact) mass is 364 g/mol. The van der Waals surface area contributed by atoms with Crippen LogP contribution in [0.5, 0.6) is 5.75 Å². The molecule has 0 radical (unpaired) electrons. The number of methoxy groups -OCH3 is 1. The molecular formula is C17H24N4O3S. The van der Waals surface area contributed by atoms with Gasteiger partial charge < -0.3 is 14.8 Å². The van der Waals surface area contributed by atoms with E-state index in [0.717, 1.165) is 23.7 Å². The van der Waals surface area contributed by atoms with Crippen molar-refractivity contribution in [1.29, 1.82) is 0 Å². The van der Waals surface area contributed by atoms with E-state index in [2.05, 4.69) is 15.5 Å². The zero-order valence-corrected chi connectivity index (χ0v) is 15.6. The summed E-state index contributed by atoms with van der Waals surface area (Å²) in [6, 6.07) is 7.73. The Bertz CT molecular complexity index is 673. The lowest BCUT2D eigenvalue weighted by Crippen LogP contribution is -2.26. The fraction of sp³-hybridized carbons (Fsp3) is 0.471. The van der Waals surface area contributed by atoms with Gasteiger partial charge in [0.05, 0.1) is 12.4 Å². The van der Waals surface area contributed by atoms with Crippen LogP contribution in [0.3, 0.4) is 0 Å². The van der Waals surface area contributed by atoms with E-state index >= 15 is 0 Å². The number of rotatable bonds is 10. The summed E-state index contributed by atoms with van der Waals surface area (Å²) in [5.74, 6) is 1.86. The Morgan fingerprint density at radius 1 is 1.28 bits per heavy atom. The number of thioether (sulfide) groups is 1. The van der Waals surface area contributed by atoms with Crippen LogP contribution in [-0.2, 0) is 9.53 Å². The summed E-state index contributed by atoms with van der Waals surface area (Å²) in [6.07, 6.45) is 0.800. The smallest absolute Gasteiger partial charge is 0.230 e. The molecule has 1 amide bonds. The fourth-order valence-corrected chi connectivity index (χ4v) is 3.04. The van der Waals surface area contributed by atoms with Crippen LogP contribution in [0.4, 0.5) is 0 Å². The summed E-state index contributed by atoms with van der Waals surface area (Å²) in [7, 11) is 1.65. The molecule has 0 fully saturated rings. The zero-order valence-electron chi connectivity index (χ0n) is 14.8. The number of carbonyl (C=O) groups is 1. The molecule has 136 valence electrons. The minimum absolute atomic E-state index is 0.0278. The van der Waals surface area contributed by atoms with Crippen LogP contribution < -0.4 is 10.1 Å². The number of carbonyl (C=O) groups excluding carboxylic acids is 1. The Balaban J connectivity index is 1.97. The van der Waals surface area contributed by atoms with Crippen LogP contribution in [0.25, 0.3) is 5.69 Å². The molecule has 0 aliphatic carbocycles. The van der Waals surface area contributed by atoms with Crippen molar-refractivity contribution in [3.63, 3.8) is 0 Å². The minimum Gasteiger partial charge on any atom is -0.494 e. The number of nitrogens with one attached hydrogen (secondary N) is 1. The van der Waals surface area contributed by atoms with Gasteiger partial charge in [-0.1, -0.05) is 11.8 Å². The molecule has 1 aromatic carbocycles. The van der Waals surface area contributed by atoms with E-state index in [1.165, 1.54) is 11.8 Å². The maximum absolute atomic E-state index is 11.9. The van der Waals surface area contributed by atoms with Gasteiger partial charge in [-0.15, -0.1) is 10.2 Å². The molecule has 1 N–H and O–H groups in total. The Kier molecular flexibility index (Phi) is 7.75. The zero-order chi connectivity index (χ0) is 18.1. The van der Waals surface area contributed by atoms with Gasteiger partial charge in [-0.2, -0.15) is 0 Å². The number of hydrogen-bond acceptors (Lipinski definition) is 6. The first-order valence-corrected chi connectivity index (χ1v) is 9.18. The largest absolute Gasteiger partial charge is 0.494 e. The minimum atomic E-state index is -0.0278. The molecular weight excluding hydrogens is 340 g/mol. The van der Waals surface area contributed by atoms with Crippen molar-refractivity contribution in [2.24, 2.45) is 0 Å². The summed E-state index contributed by atoms with van der Waals surface area (Å²) in [6.45, 7) is 5.72. The standard InChI is InChI=1S/C17H24N4O3S/c1-4-24-15-8-6-14(7-9-15)21-13(2)19-20-17(21)25-12-16(22)18-10-5-11-23-3/h6-9H,4-5,10-12H2,1-3H3,(H,18,22). The quantitative estimate of drug-likeness (QED) is 0.514. The lowest BCUT2D eigenvalue weighted by molar-refractivity contribution is -0.118. The van der Waals surface area contributed by atoms with Gasteiger partial charge in [-0.05, 0) is 44.5 Å². The normalized spacial score (nSPS) is 10.7. The summed E-state index contributed by atoms with van der Waals surface area (Å²) in [5, 5.41) is 11.9. The second kappa shape index (κ2) is 10.0. The SMILES string of the molecule is CCOc1ccc(-n2c(C)nnc2SCC(=O)NCCCOC)cc1. The first-order chi connectivity index (χ1) is 12.2. The summed E-state index contributed by atoms with van der Waals surface area (Å²) in [5.41, 5.74) is 0.939. The highest BCUT2D eigenvalue weighted by molar-refractivity contribution is 7.99. The third kappa shape index (κ3) is 5.75. The lowest BCUT2D eigenvalue weighted by atomic mass is 10.3. The average Bonchev–Trinajstić information content (AvgIpc) is 2.99. The van der Waals surface area contributed by atoms with Gasteiger partial charge in [0.15, 0.2) is 5.16 Å². The van der Waals surface area contributed by atoms with Gasteiger partial charge >= 0.3 is 0 Å². The van der Waals surface area contributed by atoms with Crippen LogP contribution >= 0.6 is 11.8 Å². The van der Waals surface area contributed by atoms with Crippen molar-refractivity contribution >= 4 is 17.7 Å². The van der Waals surface area contributed by atoms with E-state index < -0.39 is 0 Å².